The summed E-state index contributed by atoms with van der Waals surface area (Å²) in [4.78, 5) is 16.8. The molecule has 2 aromatic rings. The molecule has 0 aliphatic rings. The lowest BCUT2D eigenvalue weighted by Crippen LogP contribution is -2.15. The topological polar surface area (TPSA) is 64.7 Å². The van der Waals surface area contributed by atoms with Crippen LogP contribution in [-0.2, 0) is 10.2 Å². The van der Waals surface area contributed by atoms with Gasteiger partial charge in [-0.2, -0.15) is 0 Å². The molecule has 2 N–H and O–H groups in total. The molecular formula is C15H12BrFN2O2. The Morgan fingerprint density at radius 2 is 1.86 bits per heavy atom. The van der Waals surface area contributed by atoms with Gasteiger partial charge < -0.3 is 10.6 Å². The number of carbonyl (C=O) groups is 1. The fourth-order valence-electron chi connectivity index (χ4n) is 1.65. The van der Waals surface area contributed by atoms with Crippen LogP contribution in [0.3, 0.4) is 0 Å². The zero-order valence-corrected chi connectivity index (χ0v) is 12.5. The second-order valence-corrected chi connectivity index (χ2v) is 4.71. The Balaban J connectivity index is 2.12. The molecule has 4 nitrogen and oxygen atoms in total. The van der Waals surface area contributed by atoms with Crippen molar-refractivity contribution in [2.75, 3.05) is 0 Å². The van der Waals surface area contributed by atoms with Gasteiger partial charge in [0, 0.05) is 10.9 Å². The lowest BCUT2D eigenvalue weighted by molar-refractivity contribution is 0.0515. The molecule has 0 atom stereocenters. The van der Waals surface area contributed by atoms with Crippen molar-refractivity contribution in [3.05, 3.63) is 71.0 Å². The van der Waals surface area contributed by atoms with Gasteiger partial charge in [0.25, 0.3) is 0 Å². The minimum absolute atomic E-state index is 0.000302. The Hall–Kier alpha value is -2.21. The normalized spacial score (nSPS) is 11.2. The van der Waals surface area contributed by atoms with E-state index in [-0.39, 0.29) is 11.7 Å². The fourth-order valence-corrected chi connectivity index (χ4v) is 2.14. The van der Waals surface area contributed by atoms with Crippen LogP contribution >= 0.6 is 15.9 Å². The number of carbonyl (C=O) groups excluding carboxylic acids is 1. The lowest BCUT2D eigenvalue weighted by atomic mass is 10.1. The highest BCUT2D eigenvalue weighted by atomic mass is 79.9. The first-order valence-corrected chi connectivity index (χ1v) is 7.18. The summed E-state index contributed by atoms with van der Waals surface area (Å²) in [5.74, 6) is -0.982. The summed E-state index contributed by atoms with van der Waals surface area (Å²) in [7, 11) is 0. The van der Waals surface area contributed by atoms with E-state index in [1.54, 1.807) is 18.2 Å². The molecule has 0 heterocycles. The molecule has 108 valence electrons. The number of benzene rings is 2. The van der Waals surface area contributed by atoms with Gasteiger partial charge in [-0.15, -0.1) is 0 Å². The van der Waals surface area contributed by atoms with Crippen molar-refractivity contribution >= 4 is 27.7 Å². The van der Waals surface area contributed by atoms with Gasteiger partial charge in [-0.05, 0) is 35.9 Å². The minimum atomic E-state index is -0.602. The van der Waals surface area contributed by atoms with E-state index in [1.165, 1.54) is 24.3 Å². The Bertz CT molecular complexity index is 672. The highest BCUT2D eigenvalue weighted by Crippen LogP contribution is 2.14. The highest BCUT2D eigenvalue weighted by Gasteiger charge is 2.12. The average Bonchev–Trinajstić information content (AvgIpc) is 2.52. The quantitative estimate of drug-likeness (QED) is 0.303. The second-order valence-electron chi connectivity index (χ2n) is 4.15. The predicted molar refractivity (Wildman–Crippen MR) is 81.6 cm³/mol. The second kappa shape index (κ2) is 6.99. The summed E-state index contributed by atoms with van der Waals surface area (Å²) >= 11 is 3.30. The van der Waals surface area contributed by atoms with E-state index in [0.29, 0.717) is 16.5 Å². The number of oxime groups is 1. The third-order valence-electron chi connectivity index (χ3n) is 2.75. The molecule has 0 bridgehead atoms. The van der Waals surface area contributed by atoms with E-state index in [9.17, 15) is 9.18 Å². The molecule has 0 saturated heterocycles. The average molecular weight is 351 g/mol. The number of nitrogens with two attached hydrogens (primary N) is 1. The fraction of sp³-hybridized carbons (Fsp3) is 0.0667. The molecule has 0 saturated carbocycles. The molecule has 0 radical (unpaired) electrons. The third-order valence-corrected chi connectivity index (χ3v) is 3.35. The summed E-state index contributed by atoms with van der Waals surface area (Å²) in [6.07, 6.45) is 0. The van der Waals surface area contributed by atoms with Crippen LogP contribution in [0.15, 0.2) is 53.7 Å². The summed E-state index contributed by atoms with van der Waals surface area (Å²) in [6.45, 7) is 0. The van der Waals surface area contributed by atoms with E-state index in [2.05, 4.69) is 21.1 Å². The largest absolute Gasteiger partial charge is 0.380 e. The van der Waals surface area contributed by atoms with Gasteiger partial charge in [-0.3, -0.25) is 0 Å². The van der Waals surface area contributed by atoms with Crippen molar-refractivity contribution in [1.29, 1.82) is 0 Å². The van der Waals surface area contributed by atoms with Crippen molar-refractivity contribution in [3.63, 3.8) is 0 Å². The van der Waals surface area contributed by atoms with E-state index >= 15 is 0 Å². The smallest absolute Gasteiger partial charge is 0.366 e. The van der Waals surface area contributed by atoms with Crippen molar-refractivity contribution < 1.29 is 14.0 Å². The van der Waals surface area contributed by atoms with Gasteiger partial charge in [0.1, 0.15) is 5.82 Å². The molecule has 0 aliphatic heterocycles. The Morgan fingerprint density at radius 3 is 2.52 bits per heavy atom. The van der Waals surface area contributed by atoms with Gasteiger partial charge in [0.15, 0.2) is 5.84 Å². The summed E-state index contributed by atoms with van der Waals surface area (Å²) in [5.41, 5.74) is 7.35. The van der Waals surface area contributed by atoms with Gasteiger partial charge >= 0.3 is 5.97 Å². The highest BCUT2D eigenvalue weighted by molar-refractivity contribution is 9.08. The molecule has 0 aliphatic carbocycles. The van der Waals surface area contributed by atoms with Crippen LogP contribution in [0.2, 0.25) is 0 Å². The molecule has 2 rings (SSSR count). The summed E-state index contributed by atoms with van der Waals surface area (Å²) < 4.78 is 12.8. The maximum atomic E-state index is 12.8. The van der Waals surface area contributed by atoms with Crippen LogP contribution < -0.4 is 5.73 Å². The summed E-state index contributed by atoms with van der Waals surface area (Å²) in [5, 5.41) is 4.11. The number of rotatable bonds is 4. The van der Waals surface area contributed by atoms with Crippen molar-refractivity contribution in [1.82, 2.24) is 0 Å². The molecular weight excluding hydrogens is 339 g/mol. The zero-order valence-electron chi connectivity index (χ0n) is 10.9. The van der Waals surface area contributed by atoms with Crippen LogP contribution in [0.25, 0.3) is 0 Å². The molecule has 0 fully saturated rings. The zero-order chi connectivity index (χ0) is 15.2. The van der Waals surface area contributed by atoms with E-state index < -0.39 is 5.97 Å². The number of hydrogen-bond donors (Lipinski definition) is 1. The number of nitrogens with zero attached hydrogens (tertiary/aromatic N) is 1. The van der Waals surface area contributed by atoms with Gasteiger partial charge in [-0.25, -0.2) is 9.18 Å². The van der Waals surface area contributed by atoms with Crippen LogP contribution in [0, 0.1) is 5.82 Å². The van der Waals surface area contributed by atoms with Gasteiger partial charge in [-0.1, -0.05) is 39.3 Å². The van der Waals surface area contributed by atoms with E-state index in [4.69, 9.17) is 10.6 Å². The van der Waals surface area contributed by atoms with Gasteiger partial charge in [0.05, 0.1) is 5.56 Å². The Kier molecular flexibility index (Phi) is 5.05. The monoisotopic (exact) mass is 350 g/mol. The molecule has 0 unspecified atom stereocenters. The molecule has 0 spiro atoms. The van der Waals surface area contributed by atoms with Crippen LogP contribution in [0.5, 0.6) is 0 Å². The maximum absolute atomic E-state index is 12.8. The van der Waals surface area contributed by atoms with Crippen LogP contribution in [0.1, 0.15) is 21.5 Å². The van der Waals surface area contributed by atoms with Gasteiger partial charge in [0.2, 0.25) is 0 Å². The number of alkyl halides is 1. The number of hydrogen-bond acceptors (Lipinski definition) is 3. The van der Waals surface area contributed by atoms with E-state index in [1.807, 2.05) is 6.07 Å². The minimum Gasteiger partial charge on any atom is -0.380 e. The van der Waals surface area contributed by atoms with E-state index in [0.717, 1.165) is 5.56 Å². The summed E-state index contributed by atoms with van der Waals surface area (Å²) in [6, 6.07) is 12.4. The third kappa shape index (κ3) is 3.88. The Morgan fingerprint density at radius 1 is 1.19 bits per heavy atom. The standard InChI is InChI=1S/C15H12BrFN2O2/c16-9-11-3-1-2-4-13(11)15(20)21-19-14(18)10-5-7-12(17)8-6-10/h1-8H,9H2,(H2,18,19). The Labute approximate surface area is 129 Å². The van der Waals surface area contributed by atoms with Crippen LogP contribution in [-0.4, -0.2) is 11.8 Å². The number of halogens is 2. The molecule has 2 aromatic carbocycles. The van der Waals surface area contributed by atoms with Crippen LogP contribution in [0.4, 0.5) is 4.39 Å². The van der Waals surface area contributed by atoms with Crippen molar-refractivity contribution in [2.24, 2.45) is 10.9 Å². The first-order chi connectivity index (χ1) is 10.1. The first kappa shape index (κ1) is 15.2. The molecule has 0 amide bonds. The predicted octanol–water partition coefficient (Wildman–Crippen LogP) is 3.20. The lowest BCUT2D eigenvalue weighted by Gasteiger charge is -2.04. The maximum Gasteiger partial charge on any atom is 0.366 e. The van der Waals surface area contributed by atoms with Crippen molar-refractivity contribution in [3.8, 4) is 0 Å². The van der Waals surface area contributed by atoms with Crippen molar-refractivity contribution in [2.45, 2.75) is 5.33 Å². The first-order valence-electron chi connectivity index (χ1n) is 6.06. The molecule has 6 heteroatoms. The number of amidine groups is 1. The SMILES string of the molecule is N/C(=N\OC(=O)c1ccccc1CBr)c1ccc(F)cc1. The molecule has 21 heavy (non-hydrogen) atoms. The molecule has 0 aromatic heterocycles.